The van der Waals surface area contributed by atoms with Crippen LogP contribution in [0.4, 0.5) is 10.2 Å². The normalized spacial score (nSPS) is 19.4. The van der Waals surface area contributed by atoms with Gasteiger partial charge in [-0.25, -0.2) is 9.07 Å². The van der Waals surface area contributed by atoms with Gasteiger partial charge in [0.05, 0.1) is 17.9 Å². The van der Waals surface area contributed by atoms with Crippen molar-refractivity contribution in [2.24, 2.45) is 11.8 Å². The van der Waals surface area contributed by atoms with Crippen molar-refractivity contribution in [2.45, 2.75) is 66.0 Å². The maximum atomic E-state index is 14.0. The number of halogens is 1. The third-order valence-corrected chi connectivity index (χ3v) is 8.37. The molecule has 1 saturated heterocycles. The molecule has 1 aliphatic carbocycles. The molecule has 1 saturated carbocycles. The highest BCUT2D eigenvalue weighted by molar-refractivity contribution is 5.83. The number of benzene rings is 2. The maximum Gasteiger partial charge on any atom is 0.226 e. The first-order chi connectivity index (χ1) is 19.3. The number of anilines is 1. The van der Waals surface area contributed by atoms with E-state index in [1.807, 2.05) is 10.7 Å². The molecule has 0 N–H and O–H groups in total. The summed E-state index contributed by atoms with van der Waals surface area (Å²) in [5.74, 6) is 1.73. The van der Waals surface area contributed by atoms with Gasteiger partial charge in [0, 0.05) is 50.2 Å². The van der Waals surface area contributed by atoms with Crippen LogP contribution in [0.1, 0.15) is 63.8 Å². The molecule has 0 radical (unpaired) electrons. The fourth-order valence-electron chi connectivity index (χ4n) is 6.10. The Morgan fingerprint density at radius 2 is 1.68 bits per heavy atom. The third kappa shape index (κ3) is 6.09. The lowest BCUT2D eigenvalue weighted by atomic mass is 10.1. The van der Waals surface area contributed by atoms with Gasteiger partial charge in [0.2, 0.25) is 5.91 Å². The number of aryl methyl sites for hydroxylation is 1. The van der Waals surface area contributed by atoms with Gasteiger partial charge >= 0.3 is 0 Å². The summed E-state index contributed by atoms with van der Waals surface area (Å²) in [5, 5.41) is 5.07. The first kappa shape index (κ1) is 28.3. The molecule has 0 spiro atoms. The van der Waals surface area contributed by atoms with Crippen LogP contribution in [-0.2, 0) is 17.8 Å². The molecule has 1 aromatic heterocycles. The lowest BCUT2D eigenvalue weighted by Crippen LogP contribution is -2.49. The molecule has 0 bridgehead atoms. The standard InChI is InChI=1S/C33H44FN5O/c1-6-31-30(22-38(21-23(2)3)33(40)29-20-28(29)25-10-8-7-9-11-25)32(37-18-16-36(17-19-37)24(4)5)39(35-31)27-14-12-26(34)13-15-27/h7-15,23-24,28-29H,6,16-22H2,1-5H3/t28-,29?/m0/s1. The number of nitrogens with zero attached hydrogens (tertiary/aromatic N) is 5. The Morgan fingerprint density at radius 3 is 2.27 bits per heavy atom. The van der Waals surface area contributed by atoms with Crippen molar-refractivity contribution in [1.82, 2.24) is 19.6 Å². The van der Waals surface area contributed by atoms with Gasteiger partial charge in [-0.2, -0.15) is 5.10 Å². The van der Waals surface area contributed by atoms with E-state index >= 15 is 0 Å². The Kier molecular flexibility index (Phi) is 8.60. The lowest BCUT2D eigenvalue weighted by molar-refractivity contribution is -0.133. The average Bonchev–Trinajstić information content (AvgIpc) is 3.68. The smallest absolute Gasteiger partial charge is 0.226 e. The predicted octanol–water partition coefficient (Wildman–Crippen LogP) is 5.89. The zero-order chi connectivity index (χ0) is 28.4. The molecular formula is C33H44FN5O. The number of hydrogen-bond donors (Lipinski definition) is 0. The van der Waals surface area contributed by atoms with Crippen molar-refractivity contribution in [3.63, 3.8) is 0 Å². The van der Waals surface area contributed by atoms with Crippen molar-refractivity contribution in [3.8, 4) is 5.69 Å². The molecule has 3 aromatic rings. The Labute approximate surface area is 238 Å². The molecule has 5 rings (SSSR count). The van der Waals surface area contributed by atoms with Crippen molar-refractivity contribution >= 4 is 11.7 Å². The van der Waals surface area contributed by atoms with E-state index < -0.39 is 0 Å². The summed E-state index contributed by atoms with van der Waals surface area (Å²) in [6.07, 6.45) is 1.68. The summed E-state index contributed by atoms with van der Waals surface area (Å²) in [5.41, 5.74) is 4.22. The second-order valence-corrected chi connectivity index (χ2v) is 12.1. The first-order valence-corrected chi connectivity index (χ1v) is 15.0. The zero-order valence-corrected chi connectivity index (χ0v) is 24.7. The molecule has 214 valence electrons. The van der Waals surface area contributed by atoms with Crippen LogP contribution in [0, 0.1) is 17.7 Å². The fraction of sp³-hybridized carbons (Fsp3) is 0.515. The summed E-state index contributed by atoms with van der Waals surface area (Å²) in [4.78, 5) is 21.0. The molecule has 2 atom stereocenters. The van der Waals surface area contributed by atoms with Gasteiger partial charge in [0.15, 0.2) is 0 Å². The van der Waals surface area contributed by atoms with Crippen molar-refractivity contribution < 1.29 is 9.18 Å². The minimum atomic E-state index is -0.259. The Bertz CT molecular complexity index is 1280. The van der Waals surface area contributed by atoms with Gasteiger partial charge in [-0.3, -0.25) is 9.69 Å². The first-order valence-electron chi connectivity index (χ1n) is 15.0. The SMILES string of the molecule is CCc1nn(-c2ccc(F)cc2)c(N2CCN(C(C)C)CC2)c1CN(CC(C)C)C(=O)C1C[C@H]1c1ccccc1. The van der Waals surface area contributed by atoms with Crippen LogP contribution in [0.15, 0.2) is 54.6 Å². The van der Waals surface area contributed by atoms with E-state index in [0.717, 1.165) is 61.8 Å². The molecule has 7 heteroatoms. The summed E-state index contributed by atoms with van der Waals surface area (Å²) >= 11 is 0. The van der Waals surface area contributed by atoms with Gasteiger partial charge in [0.1, 0.15) is 11.6 Å². The minimum absolute atomic E-state index is 0.0383. The number of rotatable bonds is 10. The largest absolute Gasteiger partial charge is 0.354 e. The number of carbonyl (C=O) groups excluding carboxylic acids is 1. The van der Waals surface area contributed by atoms with Crippen LogP contribution in [0.25, 0.3) is 5.69 Å². The Balaban J connectivity index is 1.49. The van der Waals surface area contributed by atoms with E-state index in [-0.39, 0.29) is 17.6 Å². The highest BCUT2D eigenvalue weighted by Gasteiger charge is 2.46. The van der Waals surface area contributed by atoms with Crippen LogP contribution < -0.4 is 4.90 Å². The van der Waals surface area contributed by atoms with Crippen molar-refractivity contribution in [3.05, 3.63) is 77.2 Å². The highest BCUT2D eigenvalue weighted by atomic mass is 19.1. The number of aromatic nitrogens is 2. The van der Waals surface area contributed by atoms with Gasteiger partial charge in [-0.15, -0.1) is 0 Å². The molecule has 2 heterocycles. The van der Waals surface area contributed by atoms with E-state index in [1.54, 1.807) is 12.1 Å². The van der Waals surface area contributed by atoms with Crippen molar-refractivity contribution in [2.75, 3.05) is 37.6 Å². The highest BCUT2D eigenvalue weighted by Crippen LogP contribution is 2.48. The number of piperazine rings is 1. The predicted molar refractivity (Wildman–Crippen MR) is 159 cm³/mol. The average molecular weight is 546 g/mol. The molecule has 1 amide bonds. The summed E-state index contributed by atoms with van der Waals surface area (Å²) in [6.45, 7) is 15.9. The molecule has 6 nitrogen and oxygen atoms in total. The molecule has 2 aliphatic rings. The van der Waals surface area contributed by atoms with E-state index in [4.69, 9.17) is 5.10 Å². The van der Waals surface area contributed by atoms with Gasteiger partial charge in [-0.05, 0) is 68.4 Å². The van der Waals surface area contributed by atoms with Gasteiger partial charge < -0.3 is 9.80 Å². The summed E-state index contributed by atoms with van der Waals surface area (Å²) in [6, 6.07) is 17.5. The maximum absolute atomic E-state index is 14.0. The summed E-state index contributed by atoms with van der Waals surface area (Å²) < 4.78 is 15.8. The van der Waals surface area contributed by atoms with E-state index in [0.29, 0.717) is 31.0 Å². The van der Waals surface area contributed by atoms with E-state index in [2.05, 4.69) is 73.6 Å². The monoisotopic (exact) mass is 545 g/mol. The second kappa shape index (κ2) is 12.1. The molecule has 40 heavy (non-hydrogen) atoms. The van der Waals surface area contributed by atoms with Crippen LogP contribution >= 0.6 is 0 Å². The third-order valence-electron chi connectivity index (χ3n) is 8.37. The lowest BCUT2D eigenvalue weighted by Gasteiger charge is -2.38. The molecular weight excluding hydrogens is 501 g/mol. The van der Waals surface area contributed by atoms with Crippen molar-refractivity contribution in [1.29, 1.82) is 0 Å². The molecule has 2 aromatic carbocycles. The topological polar surface area (TPSA) is 44.6 Å². The van der Waals surface area contributed by atoms with Gasteiger partial charge in [0.25, 0.3) is 0 Å². The number of carbonyl (C=O) groups is 1. The molecule has 2 fully saturated rings. The van der Waals surface area contributed by atoms with Crippen LogP contribution in [0.3, 0.4) is 0 Å². The van der Waals surface area contributed by atoms with Gasteiger partial charge in [-0.1, -0.05) is 51.1 Å². The van der Waals surface area contributed by atoms with Crippen LogP contribution in [0.5, 0.6) is 0 Å². The van der Waals surface area contributed by atoms with E-state index in [1.165, 1.54) is 17.7 Å². The summed E-state index contributed by atoms with van der Waals surface area (Å²) in [7, 11) is 0. The minimum Gasteiger partial charge on any atom is -0.354 e. The number of hydrogen-bond acceptors (Lipinski definition) is 4. The second-order valence-electron chi connectivity index (χ2n) is 12.1. The Hall–Kier alpha value is -3.19. The fourth-order valence-corrected chi connectivity index (χ4v) is 6.10. The molecule has 1 aliphatic heterocycles. The van der Waals surface area contributed by atoms with Crippen LogP contribution in [0.2, 0.25) is 0 Å². The number of amides is 1. The quantitative estimate of drug-likeness (QED) is 0.319. The Morgan fingerprint density at radius 1 is 1.00 bits per heavy atom. The van der Waals surface area contributed by atoms with Crippen LogP contribution in [-0.4, -0.2) is 64.3 Å². The van der Waals surface area contributed by atoms with E-state index in [9.17, 15) is 9.18 Å². The zero-order valence-electron chi connectivity index (χ0n) is 24.7. The molecule has 1 unspecified atom stereocenters.